The van der Waals surface area contributed by atoms with Gasteiger partial charge in [-0.2, -0.15) is 0 Å². The number of aliphatic imine (C=N–C) groups is 2. The van der Waals surface area contributed by atoms with Crippen molar-refractivity contribution in [3.63, 3.8) is 0 Å². The monoisotopic (exact) mass is 809 g/mol. The maximum atomic E-state index is 5.33. The molecule has 12 rings (SSSR count). The van der Waals surface area contributed by atoms with E-state index in [0.29, 0.717) is 5.84 Å². The first-order valence-electron chi connectivity index (χ1n) is 21.7. The molecule has 0 fully saturated rings. The number of aromatic nitrogens is 1. The van der Waals surface area contributed by atoms with Crippen LogP contribution in [0.4, 0.5) is 17.1 Å². The molecule has 10 aromatic rings. The first-order chi connectivity index (χ1) is 31.0. The third-order valence-corrected chi connectivity index (χ3v) is 13.0. The van der Waals surface area contributed by atoms with Crippen molar-refractivity contribution < 1.29 is 0 Å². The molecule has 5 heteroatoms. The third-order valence-electron chi connectivity index (χ3n) is 13.0. The Labute approximate surface area is 367 Å². The van der Waals surface area contributed by atoms with Gasteiger partial charge in [0.15, 0.2) is 5.84 Å². The Kier molecular flexibility index (Phi) is 8.51. The van der Waals surface area contributed by atoms with Crippen molar-refractivity contribution in [3.05, 3.63) is 240 Å². The van der Waals surface area contributed by atoms with Crippen LogP contribution in [0.3, 0.4) is 0 Å². The summed E-state index contributed by atoms with van der Waals surface area (Å²) in [5, 5.41) is 8.75. The molecule has 63 heavy (non-hydrogen) atoms. The second-order valence-corrected chi connectivity index (χ2v) is 17.1. The van der Waals surface area contributed by atoms with E-state index >= 15 is 0 Å². The summed E-state index contributed by atoms with van der Waals surface area (Å²) in [4.78, 5) is 13.0. The highest BCUT2D eigenvalue weighted by atomic mass is 15.2. The van der Waals surface area contributed by atoms with Crippen molar-refractivity contribution in [2.75, 3.05) is 4.90 Å². The fourth-order valence-corrected chi connectivity index (χ4v) is 9.88. The van der Waals surface area contributed by atoms with Crippen LogP contribution in [0.25, 0.3) is 49.4 Å². The van der Waals surface area contributed by atoms with E-state index in [-0.39, 0.29) is 6.17 Å². The van der Waals surface area contributed by atoms with Crippen molar-refractivity contribution in [2.24, 2.45) is 9.98 Å². The summed E-state index contributed by atoms with van der Waals surface area (Å²) in [5.74, 6) is 1.50. The van der Waals surface area contributed by atoms with Crippen molar-refractivity contribution in [1.82, 2.24) is 9.88 Å². The van der Waals surface area contributed by atoms with Crippen LogP contribution in [-0.2, 0) is 5.41 Å². The van der Waals surface area contributed by atoms with Gasteiger partial charge < -0.3 is 14.8 Å². The minimum Gasteiger partial charge on any atom is -0.344 e. The molecule has 0 spiro atoms. The van der Waals surface area contributed by atoms with Crippen LogP contribution >= 0.6 is 0 Å². The minimum absolute atomic E-state index is 0.315. The average molecular weight is 810 g/mol. The highest BCUT2D eigenvalue weighted by molar-refractivity contribution is 6.23. The molecular weight excluding hydrogens is 767 g/mol. The van der Waals surface area contributed by atoms with E-state index < -0.39 is 5.41 Å². The first kappa shape index (κ1) is 36.8. The predicted molar refractivity (Wildman–Crippen MR) is 262 cm³/mol. The molecule has 9 aromatic carbocycles. The molecule has 0 radical (unpaired) electrons. The van der Waals surface area contributed by atoms with Gasteiger partial charge in [-0.15, -0.1) is 0 Å². The van der Waals surface area contributed by atoms with E-state index in [9.17, 15) is 0 Å². The number of anilines is 3. The number of nitrogens with zero attached hydrogens (tertiary/aromatic N) is 4. The molecule has 0 saturated carbocycles. The summed E-state index contributed by atoms with van der Waals surface area (Å²) in [5.41, 5.74) is 14.5. The number of fused-ring (bicyclic) bond motifs is 7. The third kappa shape index (κ3) is 6.07. The number of benzene rings is 9. The fraction of sp³-hybridized carbons (Fsp3) is 0.0690. The molecule has 5 nitrogen and oxygen atoms in total. The van der Waals surface area contributed by atoms with Crippen LogP contribution < -0.4 is 10.2 Å². The average Bonchev–Trinajstić information content (AvgIpc) is 3.69. The Balaban J connectivity index is 1.07. The maximum absolute atomic E-state index is 5.33. The smallest absolute Gasteiger partial charge is 0.159 e. The molecule has 3 heterocycles. The molecule has 0 bridgehead atoms. The lowest BCUT2D eigenvalue weighted by atomic mass is 9.74. The summed E-state index contributed by atoms with van der Waals surface area (Å²) in [6.07, 6.45) is -0.315. The van der Waals surface area contributed by atoms with Crippen molar-refractivity contribution in [2.45, 2.75) is 25.4 Å². The highest BCUT2D eigenvalue weighted by Gasteiger charge is 2.37. The Hall–Kier alpha value is -8.02. The van der Waals surface area contributed by atoms with Crippen LogP contribution in [0.2, 0.25) is 0 Å². The first-order valence-corrected chi connectivity index (χ1v) is 21.7. The largest absolute Gasteiger partial charge is 0.344 e. The molecule has 2 aliphatic rings. The Morgan fingerprint density at radius 1 is 0.508 bits per heavy atom. The van der Waals surface area contributed by atoms with E-state index in [0.717, 1.165) is 50.7 Å². The van der Waals surface area contributed by atoms with E-state index in [4.69, 9.17) is 9.98 Å². The number of hydrogen-bond acceptors (Lipinski definition) is 4. The van der Waals surface area contributed by atoms with Gasteiger partial charge >= 0.3 is 0 Å². The van der Waals surface area contributed by atoms with Crippen LogP contribution in [0.1, 0.15) is 47.8 Å². The van der Waals surface area contributed by atoms with Crippen molar-refractivity contribution >= 4 is 61.3 Å². The molecule has 0 aliphatic carbocycles. The van der Waals surface area contributed by atoms with E-state index in [1.165, 1.54) is 49.4 Å². The maximum Gasteiger partial charge on any atom is 0.159 e. The topological polar surface area (TPSA) is 44.9 Å². The second kappa shape index (κ2) is 14.6. The molecule has 1 N–H and O–H groups in total. The van der Waals surface area contributed by atoms with Gasteiger partial charge in [0.2, 0.25) is 0 Å². The Morgan fingerprint density at radius 2 is 1.16 bits per heavy atom. The fourth-order valence-electron chi connectivity index (χ4n) is 9.88. The van der Waals surface area contributed by atoms with Crippen LogP contribution in [0, 0.1) is 0 Å². The molecule has 1 aromatic heterocycles. The van der Waals surface area contributed by atoms with Crippen molar-refractivity contribution in [1.29, 1.82) is 0 Å². The van der Waals surface area contributed by atoms with E-state index in [1.807, 2.05) is 6.07 Å². The molecule has 1 unspecified atom stereocenters. The van der Waals surface area contributed by atoms with E-state index in [2.05, 4.69) is 235 Å². The van der Waals surface area contributed by atoms with Crippen LogP contribution in [0.5, 0.6) is 0 Å². The summed E-state index contributed by atoms with van der Waals surface area (Å²) < 4.78 is 2.51. The highest BCUT2D eigenvalue weighted by Crippen LogP contribution is 2.51. The normalized spacial score (nSPS) is 15.1. The van der Waals surface area contributed by atoms with Crippen molar-refractivity contribution in [3.8, 4) is 16.8 Å². The van der Waals surface area contributed by atoms with Gasteiger partial charge in [0, 0.05) is 44.4 Å². The lowest BCUT2D eigenvalue weighted by molar-refractivity contribution is 0.629. The SMILES string of the molecule is CC1(C)c2cc(C3=NC(c4cccc(-c5ccccc5)c4)=NC(c4ccccc4)N3)ccc2-n2c3ccc4ccccc4c3c3cc(N(c4ccccc4)c4ccccc4)cc1c32. The molecule has 0 amide bonds. The number of para-hydroxylation sites is 2. The molecule has 1 atom stereocenters. The quantitative estimate of drug-likeness (QED) is 0.174. The van der Waals surface area contributed by atoms with Gasteiger partial charge in [0.1, 0.15) is 12.0 Å². The molecular formula is C58H43N5. The molecule has 300 valence electrons. The summed E-state index contributed by atoms with van der Waals surface area (Å²) in [7, 11) is 0. The van der Waals surface area contributed by atoms with Crippen LogP contribution in [0.15, 0.2) is 222 Å². The zero-order chi connectivity index (χ0) is 42.1. The lowest BCUT2D eigenvalue weighted by Crippen LogP contribution is -2.34. The van der Waals surface area contributed by atoms with Gasteiger partial charge in [0.05, 0.1) is 16.7 Å². The zero-order valence-corrected chi connectivity index (χ0v) is 35.1. The van der Waals surface area contributed by atoms with Gasteiger partial charge in [-0.3, -0.25) is 0 Å². The van der Waals surface area contributed by atoms with Gasteiger partial charge in [-0.25, -0.2) is 9.98 Å². The number of rotatable bonds is 7. The molecule has 0 saturated heterocycles. The number of hydrogen-bond donors (Lipinski definition) is 1. The van der Waals surface area contributed by atoms with E-state index in [1.54, 1.807) is 0 Å². The Morgan fingerprint density at radius 3 is 1.90 bits per heavy atom. The second-order valence-electron chi connectivity index (χ2n) is 17.1. The van der Waals surface area contributed by atoms with Gasteiger partial charge in [-0.1, -0.05) is 159 Å². The minimum atomic E-state index is -0.395. The summed E-state index contributed by atoms with van der Waals surface area (Å²) >= 11 is 0. The predicted octanol–water partition coefficient (Wildman–Crippen LogP) is 14.2. The summed E-state index contributed by atoms with van der Waals surface area (Å²) in [6, 6.07) is 76.1. The Bertz CT molecular complexity index is 3400. The molecule has 2 aliphatic heterocycles. The number of amidine groups is 2. The van der Waals surface area contributed by atoms with Gasteiger partial charge in [0.25, 0.3) is 0 Å². The zero-order valence-electron chi connectivity index (χ0n) is 35.1. The lowest BCUT2D eigenvalue weighted by Gasteiger charge is -2.36. The van der Waals surface area contributed by atoms with Gasteiger partial charge in [-0.05, 0) is 105 Å². The summed E-state index contributed by atoms with van der Waals surface area (Å²) in [6.45, 7) is 4.77. The van der Waals surface area contributed by atoms with Crippen LogP contribution in [-0.4, -0.2) is 16.2 Å². The standard InChI is InChI=1S/C58H43N5/c1-58(2)49-35-43(57-60-55(40-21-9-4-10-22-40)59-56(61-57)42-24-17-23-41(34-42)38-18-7-3-8-19-38)31-32-51(49)63-52-33-30-39-20-15-16-29-47(39)53(52)48-36-46(37-50(58)54(48)63)62(44-25-11-5-12-26-44)45-27-13-6-14-28-45/h3-37,55H,1-2H3,(H,59,60,61). The number of nitrogens with one attached hydrogen (secondary N) is 1.